The number of hydrogen-bond acceptors (Lipinski definition) is 2. The van der Waals surface area contributed by atoms with Gasteiger partial charge < -0.3 is 4.74 Å². The first kappa shape index (κ1) is 9.97. The van der Waals surface area contributed by atoms with Gasteiger partial charge in [0, 0.05) is 0 Å². The van der Waals surface area contributed by atoms with Crippen LogP contribution in [0.15, 0.2) is 18.2 Å². The van der Waals surface area contributed by atoms with E-state index >= 15 is 0 Å². The Bertz CT molecular complexity index is 450. The minimum absolute atomic E-state index is 0.964. The molecule has 0 atom stereocenters. The van der Waals surface area contributed by atoms with Gasteiger partial charge >= 0.3 is 0 Å². The Labute approximate surface area is 108 Å². The van der Waals surface area contributed by atoms with Crippen LogP contribution in [-0.2, 0) is 0 Å². The average Bonchev–Trinajstić information content (AvgIpc) is 2.47. The van der Waals surface area contributed by atoms with Gasteiger partial charge in [-0.05, 0) is 68.8 Å². The van der Waals surface area contributed by atoms with Crippen LogP contribution < -0.4 is 4.74 Å². The molecule has 0 aliphatic carbocycles. The quantitative estimate of drug-likeness (QED) is 0.636. The second-order valence-corrected chi connectivity index (χ2v) is 6.58. The molecular formula is C9H6I2OS. The van der Waals surface area contributed by atoms with Gasteiger partial charge in [-0.15, -0.1) is 11.3 Å². The second-order valence-electron chi connectivity index (χ2n) is 2.55. The fourth-order valence-corrected chi connectivity index (χ4v) is 4.03. The van der Waals surface area contributed by atoms with Crippen LogP contribution in [0.3, 0.4) is 0 Å². The van der Waals surface area contributed by atoms with Gasteiger partial charge in [0.2, 0.25) is 0 Å². The summed E-state index contributed by atoms with van der Waals surface area (Å²) in [4.78, 5) is 0. The van der Waals surface area contributed by atoms with E-state index in [0.717, 1.165) is 5.75 Å². The SMILES string of the molecule is COc1ccc2cc(I)sc2c1I. The zero-order valence-electron chi connectivity index (χ0n) is 6.80. The molecule has 13 heavy (non-hydrogen) atoms. The Hall–Kier alpha value is 0.440. The Balaban J connectivity index is 2.78. The topological polar surface area (TPSA) is 9.23 Å². The van der Waals surface area contributed by atoms with E-state index in [0.29, 0.717) is 0 Å². The van der Waals surface area contributed by atoms with Crippen LogP contribution in [0.5, 0.6) is 5.75 Å². The predicted molar refractivity (Wildman–Crippen MR) is 73.8 cm³/mol. The molecule has 2 rings (SSSR count). The van der Waals surface area contributed by atoms with Gasteiger partial charge in [0.05, 0.1) is 18.3 Å². The van der Waals surface area contributed by atoms with Gasteiger partial charge in [-0.25, -0.2) is 0 Å². The van der Waals surface area contributed by atoms with Crippen molar-refractivity contribution in [3.05, 3.63) is 24.7 Å². The summed E-state index contributed by atoms with van der Waals surface area (Å²) in [5.74, 6) is 0.964. The van der Waals surface area contributed by atoms with Crippen molar-refractivity contribution in [2.45, 2.75) is 0 Å². The molecule has 0 N–H and O–H groups in total. The highest BCUT2D eigenvalue weighted by molar-refractivity contribution is 14.1. The van der Waals surface area contributed by atoms with Gasteiger partial charge in [0.25, 0.3) is 0 Å². The van der Waals surface area contributed by atoms with E-state index in [9.17, 15) is 0 Å². The van der Waals surface area contributed by atoms with Gasteiger partial charge in [0.15, 0.2) is 0 Å². The molecule has 4 heteroatoms. The normalized spacial score (nSPS) is 10.7. The zero-order chi connectivity index (χ0) is 9.42. The number of halogens is 2. The zero-order valence-corrected chi connectivity index (χ0v) is 11.9. The van der Waals surface area contributed by atoms with Crippen LogP contribution in [0.25, 0.3) is 10.1 Å². The molecule has 0 spiro atoms. The lowest BCUT2D eigenvalue weighted by atomic mass is 10.2. The van der Waals surface area contributed by atoms with Crippen LogP contribution in [-0.4, -0.2) is 7.11 Å². The van der Waals surface area contributed by atoms with Gasteiger partial charge in [-0.2, -0.15) is 0 Å². The maximum Gasteiger partial charge on any atom is 0.133 e. The van der Waals surface area contributed by atoms with Gasteiger partial charge in [-0.3, -0.25) is 0 Å². The molecule has 0 fully saturated rings. The summed E-state index contributed by atoms with van der Waals surface area (Å²) in [5, 5.41) is 1.31. The van der Waals surface area contributed by atoms with E-state index in [2.05, 4.69) is 57.3 Å². The highest BCUT2D eigenvalue weighted by atomic mass is 127. The molecular weight excluding hydrogens is 410 g/mol. The van der Waals surface area contributed by atoms with Crippen LogP contribution in [0, 0.1) is 6.45 Å². The number of methoxy groups -OCH3 is 1. The van der Waals surface area contributed by atoms with E-state index < -0.39 is 0 Å². The molecule has 0 radical (unpaired) electrons. The lowest BCUT2D eigenvalue weighted by Gasteiger charge is -2.02. The summed E-state index contributed by atoms with van der Waals surface area (Å²) in [6.07, 6.45) is 0. The first-order valence-corrected chi connectivity index (χ1v) is 6.61. The summed E-state index contributed by atoms with van der Waals surface area (Å²) < 4.78 is 9.11. The molecule has 0 aliphatic rings. The van der Waals surface area contributed by atoms with E-state index in [1.807, 2.05) is 17.4 Å². The van der Waals surface area contributed by atoms with Gasteiger partial charge in [0.1, 0.15) is 5.75 Å². The smallest absolute Gasteiger partial charge is 0.133 e. The number of rotatable bonds is 1. The highest BCUT2D eigenvalue weighted by Crippen LogP contribution is 2.35. The Morgan fingerprint density at radius 1 is 1.31 bits per heavy atom. The summed E-state index contributed by atoms with van der Waals surface area (Å²) in [6, 6.07) is 6.32. The molecule has 0 aliphatic heterocycles. The third-order valence-corrected chi connectivity index (χ3v) is 5.15. The number of thiophene rings is 1. The lowest BCUT2D eigenvalue weighted by molar-refractivity contribution is 0.412. The summed E-state index contributed by atoms with van der Waals surface area (Å²) in [6.45, 7) is 0. The fraction of sp³-hybridized carbons (Fsp3) is 0.111. The molecule has 68 valence electrons. The van der Waals surface area contributed by atoms with Crippen molar-refractivity contribution >= 4 is 66.6 Å². The number of ether oxygens (including phenoxy) is 1. The maximum atomic E-state index is 5.26. The third kappa shape index (κ3) is 1.80. The number of hydrogen-bond donors (Lipinski definition) is 0. The van der Waals surface area contributed by atoms with Crippen LogP contribution >= 0.6 is 56.5 Å². The monoisotopic (exact) mass is 416 g/mol. The first-order valence-electron chi connectivity index (χ1n) is 3.64. The lowest BCUT2D eigenvalue weighted by Crippen LogP contribution is -1.85. The molecule has 0 saturated carbocycles. The van der Waals surface area contributed by atoms with Crippen molar-refractivity contribution in [2.24, 2.45) is 0 Å². The maximum absolute atomic E-state index is 5.26. The minimum atomic E-state index is 0.964. The van der Waals surface area contributed by atoms with Crippen molar-refractivity contribution in [3.63, 3.8) is 0 Å². The molecule has 1 aromatic carbocycles. The Kier molecular flexibility index (Phi) is 2.99. The van der Waals surface area contributed by atoms with Crippen molar-refractivity contribution in [3.8, 4) is 5.75 Å². The standard InChI is InChI=1S/C9H6I2OS/c1-12-6-3-2-5-4-7(10)13-9(5)8(6)11/h2-4H,1H3. The van der Waals surface area contributed by atoms with E-state index in [1.54, 1.807) is 7.11 Å². The molecule has 0 bridgehead atoms. The molecule has 0 amide bonds. The van der Waals surface area contributed by atoms with E-state index in [1.165, 1.54) is 16.5 Å². The van der Waals surface area contributed by atoms with E-state index in [-0.39, 0.29) is 0 Å². The predicted octanol–water partition coefficient (Wildman–Crippen LogP) is 4.12. The van der Waals surface area contributed by atoms with Crippen LogP contribution in [0.4, 0.5) is 0 Å². The Morgan fingerprint density at radius 2 is 2.08 bits per heavy atom. The molecule has 0 unspecified atom stereocenters. The summed E-state index contributed by atoms with van der Waals surface area (Å²) >= 11 is 6.49. The van der Waals surface area contributed by atoms with Crippen molar-refractivity contribution in [1.29, 1.82) is 0 Å². The number of benzene rings is 1. The van der Waals surface area contributed by atoms with Crippen molar-refractivity contribution in [2.75, 3.05) is 7.11 Å². The van der Waals surface area contributed by atoms with Gasteiger partial charge in [-0.1, -0.05) is 0 Å². The van der Waals surface area contributed by atoms with Crippen molar-refractivity contribution < 1.29 is 4.74 Å². The molecule has 2 aromatic rings. The molecule has 0 saturated heterocycles. The van der Waals surface area contributed by atoms with Crippen LogP contribution in [0.2, 0.25) is 0 Å². The summed E-state index contributed by atoms with van der Waals surface area (Å²) in [5.41, 5.74) is 0. The second kappa shape index (κ2) is 3.90. The fourth-order valence-electron chi connectivity index (χ4n) is 1.18. The van der Waals surface area contributed by atoms with Crippen molar-refractivity contribution in [1.82, 2.24) is 0 Å². The highest BCUT2D eigenvalue weighted by Gasteiger charge is 2.07. The van der Waals surface area contributed by atoms with Crippen LogP contribution in [0.1, 0.15) is 0 Å². The minimum Gasteiger partial charge on any atom is -0.496 e. The average molecular weight is 416 g/mol. The first-order chi connectivity index (χ1) is 6.22. The summed E-state index contributed by atoms with van der Waals surface area (Å²) in [7, 11) is 1.71. The molecule has 1 aromatic heterocycles. The molecule has 1 heterocycles. The third-order valence-electron chi connectivity index (χ3n) is 1.78. The van der Waals surface area contributed by atoms with E-state index in [4.69, 9.17) is 4.74 Å². The largest absolute Gasteiger partial charge is 0.496 e. The molecule has 1 nitrogen and oxygen atoms in total. The Morgan fingerprint density at radius 3 is 2.77 bits per heavy atom. The number of fused-ring (bicyclic) bond motifs is 1.